The number of hydrogen-bond acceptors (Lipinski definition) is 0. The molecule has 0 heterocycles. The molecule has 126 valence electrons. The molecule has 0 N–H and O–H groups in total. The molecule has 3 saturated carbocycles. The van der Waals surface area contributed by atoms with Crippen molar-refractivity contribution < 1.29 is 0 Å². The molecule has 23 heavy (non-hydrogen) atoms. The summed E-state index contributed by atoms with van der Waals surface area (Å²) in [6.45, 7) is 7.52. The molecule has 3 fully saturated rings. The first-order chi connectivity index (χ1) is 11.1. The third kappa shape index (κ3) is 2.67. The maximum atomic E-state index is 2.58. The van der Waals surface area contributed by atoms with E-state index in [2.05, 4.69) is 39.0 Å². The minimum absolute atomic E-state index is 0.601. The molecule has 0 aromatic heterocycles. The van der Waals surface area contributed by atoms with Gasteiger partial charge in [0.1, 0.15) is 0 Å². The van der Waals surface area contributed by atoms with E-state index >= 15 is 0 Å². The zero-order valence-electron chi connectivity index (χ0n) is 15.4. The average molecular weight is 311 g/mol. The minimum Gasteiger partial charge on any atom is -0.0847 e. The van der Waals surface area contributed by atoms with Crippen molar-refractivity contribution in [1.29, 1.82) is 0 Å². The monoisotopic (exact) mass is 310 g/mol. The van der Waals surface area contributed by atoms with Gasteiger partial charge in [-0.3, -0.25) is 0 Å². The zero-order valence-corrected chi connectivity index (χ0v) is 15.4. The van der Waals surface area contributed by atoms with E-state index in [-0.39, 0.29) is 0 Å². The molecule has 0 aromatic rings. The number of fused-ring (bicyclic) bond motifs is 2. The van der Waals surface area contributed by atoms with E-state index in [1.165, 1.54) is 57.8 Å². The van der Waals surface area contributed by atoms with Crippen molar-refractivity contribution in [3.63, 3.8) is 0 Å². The third-order valence-electron chi connectivity index (χ3n) is 7.98. The van der Waals surface area contributed by atoms with Crippen molar-refractivity contribution in [2.24, 2.45) is 29.1 Å². The lowest BCUT2D eigenvalue weighted by Gasteiger charge is -2.41. The lowest BCUT2D eigenvalue weighted by atomic mass is 9.64. The molecule has 0 saturated heterocycles. The van der Waals surface area contributed by atoms with Gasteiger partial charge in [-0.1, -0.05) is 55.7 Å². The Morgan fingerprint density at radius 1 is 1.09 bits per heavy atom. The second-order valence-electron chi connectivity index (χ2n) is 9.24. The van der Waals surface area contributed by atoms with Crippen LogP contribution in [0, 0.1) is 29.1 Å². The van der Waals surface area contributed by atoms with Gasteiger partial charge in [-0.05, 0) is 86.9 Å². The highest BCUT2D eigenvalue weighted by molar-refractivity contribution is 5.30. The van der Waals surface area contributed by atoms with E-state index in [0.717, 1.165) is 23.7 Å². The van der Waals surface area contributed by atoms with Gasteiger partial charge >= 0.3 is 0 Å². The van der Waals surface area contributed by atoms with E-state index in [9.17, 15) is 0 Å². The molecule has 0 bridgehead atoms. The van der Waals surface area contributed by atoms with Crippen LogP contribution in [0.3, 0.4) is 0 Å². The molecule has 0 spiro atoms. The molecule has 5 unspecified atom stereocenters. The van der Waals surface area contributed by atoms with Crippen LogP contribution in [0.5, 0.6) is 0 Å². The molecular weight excluding hydrogens is 276 g/mol. The molecule has 0 aliphatic heterocycles. The molecule has 0 amide bonds. The lowest BCUT2D eigenvalue weighted by Crippen LogP contribution is -2.31. The van der Waals surface area contributed by atoms with Crippen LogP contribution >= 0.6 is 0 Å². The SMILES string of the molecule is CC1CC(=CC=C2CCCC3(C)C(C)CCC23)CC2CCC=C12. The van der Waals surface area contributed by atoms with Crippen LogP contribution in [-0.4, -0.2) is 0 Å². The summed E-state index contributed by atoms with van der Waals surface area (Å²) in [7, 11) is 0. The normalized spacial score (nSPS) is 46.8. The standard InChI is InChI=1S/C23H34/c1-16-14-18(15-20-6-4-8-21(16)20)10-11-19-7-5-13-23(3)17(2)9-12-22(19)23/h8,10-11,16-17,20,22H,4-7,9,12-15H2,1-3H3. The zero-order chi connectivity index (χ0) is 16.0. The van der Waals surface area contributed by atoms with Crippen molar-refractivity contribution in [2.75, 3.05) is 0 Å². The summed E-state index contributed by atoms with van der Waals surface area (Å²) in [5, 5.41) is 0. The molecule has 4 aliphatic carbocycles. The maximum absolute atomic E-state index is 2.58. The molecule has 4 aliphatic rings. The summed E-state index contributed by atoms with van der Waals surface area (Å²) in [6, 6.07) is 0. The van der Waals surface area contributed by atoms with Gasteiger partial charge in [0.15, 0.2) is 0 Å². The maximum Gasteiger partial charge on any atom is -0.0143 e. The first kappa shape index (κ1) is 15.7. The van der Waals surface area contributed by atoms with E-state index in [1.54, 1.807) is 16.7 Å². The number of allylic oxidation sites excluding steroid dienone is 6. The Kier molecular flexibility index (Phi) is 4.06. The van der Waals surface area contributed by atoms with Gasteiger partial charge in [-0.2, -0.15) is 0 Å². The smallest absolute Gasteiger partial charge is 0.0143 e. The lowest BCUT2D eigenvalue weighted by molar-refractivity contribution is 0.147. The molecule has 0 radical (unpaired) electrons. The van der Waals surface area contributed by atoms with Crippen LogP contribution in [0.4, 0.5) is 0 Å². The van der Waals surface area contributed by atoms with Gasteiger partial charge in [0.05, 0.1) is 0 Å². The van der Waals surface area contributed by atoms with Crippen molar-refractivity contribution in [3.05, 3.63) is 34.9 Å². The first-order valence-electron chi connectivity index (χ1n) is 10.2. The summed E-state index contributed by atoms with van der Waals surface area (Å²) < 4.78 is 0. The predicted molar refractivity (Wildman–Crippen MR) is 99.2 cm³/mol. The second-order valence-corrected chi connectivity index (χ2v) is 9.24. The van der Waals surface area contributed by atoms with Crippen LogP contribution in [0.1, 0.15) is 78.6 Å². The molecule has 4 rings (SSSR count). The number of hydrogen-bond donors (Lipinski definition) is 0. The van der Waals surface area contributed by atoms with Gasteiger partial charge < -0.3 is 0 Å². The fourth-order valence-electron chi connectivity index (χ4n) is 6.38. The van der Waals surface area contributed by atoms with Crippen molar-refractivity contribution >= 4 is 0 Å². The van der Waals surface area contributed by atoms with Gasteiger partial charge in [-0.15, -0.1) is 0 Å². The largest absolute Gasteiger partial charge is 0.0847 e. The van der Waals surface area contributed by atoms with Gasteiger partial charge in [0.25, 0.3) is 0 Å². The Morgan fingerprint density at radius 2 is 1.96 bits per heavy atom. The van der Waals surface area contributed by atoms with E-state index < -0.39 is 0 Å². The van der Waals surface area contributed by atoms with Crippen LogP contribution < -0.4 is 0 Å². The highest BCUT2D eigenvalue weighted by Gasteiger charge is 2.46. The topological polar surface area (TPSA) is 0 Å². The molecular formula is C23H34. The van der Waals surface area contributed by atoms with Gasteiger partial charge in [0, 0.05) is 0 Å². The Morgan fingerprint density at radius 3 is 2.83 bits per heavy atom. The minimum atomic E-state index is 0.601. The molecule has 0 heteroatoms. The molecule has 0 aromatic carbocycles. The van der Waals surface area contributed by atoms with Crippen LogP contribution in [-0.2, 0) is 0 Å². The Hall–Kier alpha value is -0.780. The average Bonchev–Trinajstić information content (AvgIpc) is 3.11. The predicted octanol–water partition coefficient (Wildman–Crippen LogP) is 6.84. The summed E-state index contributed by atoms with van der Waals surface area (Å²) in [6.07, 6.45) is 20.2. The van der Waals surface area contributed by atoms with E-state index in [1.807, 2.05) is 0 Å². The highest BCUT2D eigenvalue weighted by Crippen LogP contribution is 2.57. The van der Waals surface area contributed by atoms with E-state index in [4.69, 9.17) is 0 Å². The third-order valence-corrected chi connectivity index (χ3v) is 7.98. The number of rotatable bonds is 1. The van der Waals surface area contributed by atoms with Crippen LogP contribution in [0.2, 0.25) is 0 Å². The summed E-state index contributed by atoms with van der Waals surface area (Å²) >= 11 is 0. The van der Waals surface area contributed by atoms with Gasteiger partial charge in [-0.25, -0.2) is 0 Å². The molecule has 5 atom stereocenters. The first-order valence-corrected chi connectivity index (χ1v) is 10.2. The summed E-state index contributed by atoms with van der Waals surface area (Å²) in [5.74, 6) is 3.48. The fourth-order valence-corrected chi connectivity index (χ4v) is 6.38. The fraction of sp³-hybridized carbons (Fsp3) is 0.739. The Labute approximate surface area is 143 Å². The quantitative estimate of drug-likeness (QED) is 0.465. The van der Waals surface area contributed by atoms with Gasteiger partial charge in [0.2, 0.25) is 0 Å². The highest BCUT2D eigenvalue weighted by atomic mass is 14.5. The second kappa shape index (κ2) is 5.94. The summed E-state index contributed by atoms with van der Waals surface area (Å²) in [5.41, 5.74) is 5.90. The van der Waals surface area contributed by atoms with Crippen molar-refractivity contribution in [1.82, 2.24) is 0 Å². The molecule has 0 nitrogen and oxygen atoms in total. The van der Waals surface area contributed by atoms with E-state index in [0.29, 0.717) is 5.41 Å². The van der Waals surface area contributed by atoms with Crippen LogP contribution in [0.25, 0.3) is 0 Å². The van der Waals surface area contributed by atoms with Crippen molar-refractivity contribution in [3.8, 4) is 0 Å². The Balaban J connectivity index is 1.53. The van der Waals surface area contributed by atoms with Crippen LogP contribution in [0.15, 0.2) is 34.9 Å². The Bertz CT molecular complexity index is 561. The summed E-state index contributed by atoms with van der Waals surface area (Å²) in [4.78, 5) is 0. The van der Waals surface area contributed by atoms with Crippen molar-refractivity contribution in [2.45, 2.75) is 78.6 Å².